The van der Waals surface area contributed by atoms with Crippen LogP contribution in [0.1, 0.15) is 6.92 Å². The molecule has 0 fully saturated rings. The average molecular weight is 406 g/mol. The SMILES string of the molecule is CCS(=O)(=O)[N+]1(c2cccc(Oc3ccccc3)c2)CC=CC(CN)=C1Cl. The molecule has 1 atom stereocenters. The van der Waals surface area contributed by atoms with Gasteiger partial charge in [0.2, 0.25) is 5.16 Å². The van der Waals surface area contributed by atoms with Crippen molar-refractivity contribution in [1.29, 1.82) is 0 Å². The Kier molecular flexibility index (Phi) is 5.72. The van der Waals surface area contributed by atoms with Gasteiger partial charge in [0, 0.05) is 24.3 Å². The lowest BCUT2D eigenvalue weighted by atomic mass is 10.1. The molecule has 0 saturated heterocycles. The first-order chi connectivity index (χ1) is 12.9. The van der Waals surface area contributed by atoms with E-state index in [1.165, 1.54) is 0 Å². The minimum Gasteiger partial charge on any atom is -0.457 e. The van der Waals surface area contributed by atoms with Crippen molar-refractivity contribution in [3.8, 4) is 11.5 Å². The van der Waals surface area contributed by atoms with Gasteiger partial charge in [-0.15, -0.1) is 3.89 Å². The van der Waals surface area contributed by atoms with E-state index in [0.717, 1.165) is 0 Å². The third-order valence-corrected chi connectivity index (χ3v) is 7.39. The maximum atomic E-state index is 13.2. The molecule has 0 aliphatic carbocycles. The lowest BCUT2D eigenvalue weighted by Crippen LogP contribution is -2.54. The molecule has 2 aromatic rings. The van der Waals surface area contributed by atoms with Crippen LogP contribution < -0.4 is 14.4 Å². The Morgan fingerprint density at radius 2 is 1.81 bits per heavy atom. The molecule has 142 valence electrons. The summed E-state index contributed by atoms with van der Waals surface area (Å²) in [4.78, 5) is 0. The van der Waals surface area contributed by atoms with Crippen molar-refractivity contribution < 1.29 is 13.2 Å². The second-order valence-corrected chi connectivity index (χ2v) is 8.85. The fraction of sp³-hybridized carbons (Fsp3) is 0.200. The molecule has 27 heavy (non-hydrogen) atoms. The van der Waals surface area contributed by atoms with Gasteiger partial charge in [-0.1, -0.05) is 24.3 Å². The van der Waals surface area contributed by atoms with Crippen molar-refractivity contribution in [2.45, 2.75) is 6.92 Å². The zero-order valence-electron chi connectivity index (χ0n) is 15.0. The third kappa shape index (κ3) is 3.53. The van der Waals surface area contributed by atoms with E-state index in [2.05, 4.69) is 0 Å². The minimum absolute atomic E-state index is 0.0569. The van der Waals surface area contributed by atoms with Crippen LogP contribution in [0.15, 0.2) is 77.5 Å². The molecular weight excluding hydrogens is 384 g/mol. The summed E-state index contributed by atoms with van der Waals surface area (Å²) in [6.07, 6.45) is 3.58. The van der Waals surface area contributed by atoms with Gasteiger partial charge in [-0.25, -0.2) is 0 Å². The van der Waals surface area contributed by atoms with Gasteiger partial charge in [-0.2, -0.15) is 8.42 Å². The molecule has 0 spiro atoms. The van der Waals surface area contributed by atoms with Crippen molar-refractivity contribution in [2.75, 3.05) is 18.8 Å². The molecule has 0 saturated carbocycles. The summed E-state index contributed by atoms with van der Waals surface area (Å²) in [7, 11) is -3.63. The van der Waals surface area contributed by atoms with Gasteiger partial charge in [-0.3, -0.25) is 0 Å². The Morgan fingerprint density at radius 1 is 1.11 bits per heavy atom. The first-order valence-corrected chi connectivity index (χ1v) is 10.6. The van der Waals surface area contributed by atoms with Gasteiger partial charge < -0.3 is 10.5 Å². The summed E-state index contributed by atoms with van der Waals surface area (Å²) in [5.74, 6) is 1.15. The summed E-state index contributed by atoms with van der Waals surface area (Å²) in [6, 6.07) is 16.3. The Hall–Kier alpha value is -2.12. The maximum Gasteiger partial charge on any atom is 0.307 e. The largest absolute Gasteiger partial charge is 0.457 e. The lowest BCUT2D eigenvalue weighted by Gasteiger charge is -2.36. The first-order valence-electron chi connectivity index (χ1n) is 8.65. The zero-order chi connectivity index (χ0) is 19.5. The van der Waals surface area contributed by atoms with Crippen LogP contribution in [0.2, 0.25) is 0 Å². The van der Waals surface area contributed by atoms with Crippen LogP contribution in [0.25, 0.3) is 0 Å². The number of nitrogens with zero attached hydrogens (tertiary/aromatic N) is 1. The Bertz CT molecular complexity index is 987. The summed E-state index contributed by atoms with van der Waals surface area (Å²) in [5, 5.41) is 0.207. The molecule has 0 bridgehead atoms. The number of benzene rings is 2. The van der Waals surface area contributed by atoms with Crippen LogP contribution in [-0.2, 0) is 10.0 Å². The number of rotatable bonds is 6. The van der Waals surface area contributed by atoms with E-state index in [-0.39, 0.29) is 24.0 Å². The van der Waals surface area contributed by atoms with Gasteiger partial charge in [0.05, 0.1) is 5.75 Å². The molecule has 7 heteroatoms. The van der Waals surface area contributed by atoms with Crippen molar-refractivity contribution in [3.05, 3.63) is 77.5 Å². The summed E-state index contributed by atoms with van der Waals surface area (Å²) < 4.78 is 31.7. The molecule has 5 nitrogen and oxygen atoms in total. The fourth-order valence-corrected chi connectivity index (χ4v) is 5.28. The van der Waals surface area contributed by atoms with E-state index in [1.807, 2.05) is 30.3 Å². The van der Waals surface area contributed by atoms with E-state index in [0.29, 0.717) is 22.8 Å². The van der Waals surface area contributed by atoms with Gasteiger partial charge in [0.15, 0.2) is 5.69 Å². The molecule has 0 amide bonds. The van der Waals surface area contributed by atoms with E-state index in [1.54, 1.807) is 43.3 Å². The number of quaternary nitrogens is 1. The quantitative estimate of drug-likeness (QED) is 0.579. The fourth-order valence-electron chi connectivity index (χ4n) is 3.11. The van der Waals surface area contributed by atoms with Crippen molar-refractivity contribution in [1.82, 2.24) is 3.89 Å². The van der Waals surface area contributed by atoms with Crippen LogP contribution in [0.4, 0.5) is 5.69 Å². The van der Waals surface area contributed by atoms with Crippen LogP contribution in [0.3, 0.4) is 0 Å². The molecule has 1 heterocycles. The van der Waals surface area contributed by atoms with E-state index in [9.17, 15) is 8.42 Å². The molecule has 1 aliphatic rings. The van der Waals surface area contributed by atoms with E-state index in [4.69, 9.17) is 22.1 Å². The Morgan fingerprint density at radius 3 is 2.48 bits per heavy atom. The number of hydrogen-bond acceptors (Lipinski definition) is 4. The second-order valence-electron chi connectivity index (χ2n) is 6.13. The molecule has 2 N–H and O–H groups in total. The zero-order valence-corrected chi connectivity index (χ0v) is 16.6. The van der Waals surface area contributed by atoms with Crippen LogP contribution in [0, 0.1) is 0 Å². The predicted octanol–water partition coefficient (Wildman–Crippen LogP) is 4.11. The van der Waals surface area contributed by atoms with Gasteiger partial charge >= 0.3 is 10.0 Å². The number of nitrogens with two attached hydrogens (primary N) is 1. The Balaban J connectivity index is 2.14. The highest BCUT2D eigenvalue weighted by molar-refractivity contribution is 7.91. The number of halogens is 1. The number of para-hydroxylation sites is 1. The van der Waals surface area contributed by atoms with Crippen molar-refractivity contribution in [3.63, 3.8) is 0 Å². The number of ether oxygens (including phenoxy) is 1. The van der Waals surface area contributed by atoms with Crippen molar-refractivity contribution in [2.24, 2.45) is 5.73 Å². The van der Waals surface area contributed by atoms with Crippen LogP contribution >= 0.6 is 11.6 Å². The smallest absolute Gasteiger partial charge is 0.307 e. The van der Waals surface area contributed by atoms with Gasteiger partial charge in [0.1, 0.15) is 18.0 Å². The monoisotopic (exact) mass is 405 g/mol. The van der Waals surface area contributed by atoms with E-state index < -0.39 is 13.9 Å². The van der Waals surface area contributed by atoms with Gasteiger partial charge in [-0.05, 0) is 48.9 Å². The highest BCUT2D eigenvalue weighted by Crippen LogP contribution is 2.41. The third-order valence-electron chi connectivity index (χ3n) is 4.54. The summed E-state index contributed by atoms with van der Waals surface area (Å²) in [5.41, 5.74) is 6.91. The minimum atomic E-state index is -3.63. The normalized spacial score (nSPS) is 20.0. The highest BCUT2D eigenvalue weighted by Gasteiger charge is 2.48. The second kappa shape index (κ2) is 7.86. The van der Waals surface area contributed by atoms with Crippen LogP contribution in [0.5, 0.6) is 11.5 Å². The molecule has 0 aromatic heterocycles. The number of hydrogen-bond donors (Lipinski definition) is 1. The maximum absolute atomic E-state index is 13.2. The Labute approximate surface area is 165 Å². The molecule has 2 aromatic carbocycles. The molecule has 1 unspecified atom stereocenters. The first kappa shape index (κ1) is 19.6. The molecule has 3 rings (SSSR count). The lowest BCUT2D eigenvalue weighted by molar-refractivity contribution is 0.477. The number of sulfonamides is 1. The van der Waals surface area contributed by atoms with Crippen molar-refractivity contribution >= 4 is 27.3 Å². The topological polar surface area (TPSA) is 69.4 Å². The molecule has 0 radical (unpaired) electrons. The van der Waals surface area contributed by atoms with Gasteiger partial charge in [0.25, 0.3) is 0 Å². The molecular formula is C20H22ClN2O3S+. The predicted molar refractivity (Wildman–Crippen MR) is 110 cm³/mol. The van der Waals surface area contributed by atoms with E-state index >= 15 is 0 Å². The average Bonchev–Trinajstić information content (AvgIpc) is 2.69. The summed E-state index contributed by atoms with van der Waals surface area (Å²) >= 11 is 6.62. The molecule has 1 aliphatic heterocycles. The summed E-state index contributed by atoms with van der Waals surface area (Å²) in [6.45, 7) is 1.98. The highest BCUT2D eigenvalue weighted by atomic mass is 35.5. The standard InChI is InChI=1S/C20H22ClN2O3S/c1-2-27(24,25)23(13-7-8-16(15-22)20(23)21)17-9-6-12-19(14-17)26-18-10-4-3-5-11-18/h3-12,14H,2,13,15,22H2,1H3/q+1. The van der Waals surface area contributed by atoms with Crippen LogP contribution in [-0.4, -0.2) is 27.3 Å².